The largest absolute Gasteiger partial charge is 0.392 e. The third-order valence-electron chi connectivity index (χ3n) is 3.36. The first-order valence-corrected chi connectivity index (χ1v) is 6.39. The molecular formula is C14H20N2O2. The fraction of sp³-hybridized carbons (Fsp3) is 0.500. The molecule has 0 aliphatic carbocycles. The van der Waals surface area contributed by atoms with Crippen LogP contribution in [0, 0.1) is 0 Å². The second kappa shape index (κ2) is 5.98. The van der Waals surface area contributed by atoms with E-state index in [1.54, 1.807) is 11.9 Å². The third-order valence-corrected chi connectivity index (χ3v) is 3.36. The summed E-state index contributed by atoms with van der Waals surface area (Å²) in [7, 11) is 1.79. The molecule has 1 atom stereocenters. The zero-order valence-electron chi connectivity index (χ0n) is 10.7. The Labute approximate surface area is 108 Å². The lowest BCUT2D eigenvalue weighted by atomic mass is 10.1. The quantitative estimate of drug-likeness (QED) is 0.871. The molecule has 4 nitrogen and oxygen atoms in total. The van der Waals surface area contributed by atoms with Crippen molar-refractivity contribution in [3.8, 4) is 0 Å². The number of carbonyl (C=O) groups excluding carboxylic acids is 1. The summed E-state index contributed by atoms with van der Waals surface area (Å²) in [6, 6.07) is 9.61. The molecule has 18 heavy (non-hydrogen) atoms. The van der Waals surface area contributed by atoms with Crippen molar-refractivity contribution in [3.05, 3.63) is 30.3 Å². The topological polar surface area (TPSA) is 43.8 Å². The molecule has 0 bridgehead atoms. The number of likely N-dealkylation sites (N-methyl/N-ethyl adjacent to an activating group) is 1. The number of hydrogen-bond donors (Lipinski definition) is 1. The van der Waals surface area contributed by atoms with E-state index in [1.165, 1.54) is 0 Å². The summed E-state index contributed by atoms with van der Waals surface area (Å²) >= 11 is 0. The zero-order chi connectivity index (χ0) is 13.0. The van der Waals surface area contributed by atoms with Gasteiger partial charge in [-0.2, -0.15) is 0 Å². The van der Waals surface area contributed by atoms with E-state index < -0.39 is 0 Å². The highest BCUT2D eigenvalue weighted by molar-refractivity contribution is 5.94. The smallest absolute Gasteiger partial charge is 0.240 e. The number of hydrogen-bond acceptors (Lipinski definition) is 3. The number of piperidine rings is 1. The predicted molar refractivity (Wildman–Crippen MR) is 71.5 cm³/mol. The van der Waals surface area contributed by atoms with Crippen LogP contribution in [0.2, 0.25) is 0 Å². The van der Waals surface area contributed by atoms with Crippen LogP contribution in [0.5, 0.6) is 0 Å². The van der Waals surface area contributed by atoms with Crippen LogP contribution >= 0.6 is 0 Å². The number of amides is 1. The van der Waals surface area contributed by atoms with Crippen molar-refractivity contribution in [3.63, 3.8) is 0 Å². The number of carbonyl (C=O) groups is 1. The van der Waals surface area contributed by atoms with Gasteiger partial charge in [-0.1, -0.05) is 18.2 Å². The Hall–Kier alpha value is -1.39. The van der Waals surface area contributed by atoms with Crippen LogP contribution in [0.15, 0.2) is 30.3 Å². The molecule has 1 aromatic rings. The minimum Gasteiger partial charge on any atom is -0.392 e. The summed E-state index contributed by atoms with van der Waals surface area (Å²) in [5.41, 5.74) is 0.903. The molecule has 2 rings (SSSR count). The Bertz CT molecular complexity index is 394. The van der Waals surface area contributed by atoms with E-state index in [1.807, 2.05) is 35.2 Å². The predicted octanol–water partition coefficient (Wildman–Crippen LogP) is 1.11. The van der Waals surface area contributed by atoms with Crippen LogP contribution in [-0.4, -0.2) is 48.7 Å². The maximum absolute atomic E-state index is 12.1. The molecule has 1 saturated heterocycles. The minimum absolute atomic E-state index is 0.0651. The number of anilines is 1. The molecule has 1 amide bonds. The second-order valence-electron chi connectivity index (χ2n) is 4.82. The minimum atomic E-state index is -0.284. The molecule has 1 aromatic carbocycles. The van der Waals surface area contributed by atoms with Crippen LogP contribution in [0.4, 0.5) is 5.69 Å². The summed E-state index contributed by atoms with van der Waals surface area (Å²) in [6.45, 7) is 1.88. The molecule has 1 unspecified atom stereocenters. The SMILES string of the molecule is CN(C(=O)CN1CCCC(O)C1)c1ccccc1. The molecule has 1 heterocycles. The third kappa shape index (κ3) is 3.31. The van der Waals surface area contributed by atoms with Gasteiger partial charge in [0.05, 0.1) is 12.6 Å². The number of likely N-dealkylation sites (tertiary alicyclic amines) is 1. The number of rotatable bonds is 3. The lowest BCUT2D eigenvalue weighted by Crippen LogP contribution is -2.44. The monoisotopic (exact) mass is 248 g/mol. The standard InChI is InChI=1S/C14H20N2O2/c1-15(12-6-3-2-4-7-12)14(18)11-16-9-5-8-13(17)10-16/h2-4,6-7,13,17H,5,8-11H2,1H3. The van der Waals surface area contributed by atoms with E-state index in [-0.39, 0.29) is 12.0 Å². The highest BCUT2D eigenvalue weighted by atomic mass is 16.3. The summed E-state index contributed by atoms with van der Waals surface area (Å²) in [6.07, 6.45) is 1.52. The molecule has 1 fully saturated rings. The molecule has 0 radical (unpaired) electrons. The molecule has 0 saturated carbocycles. The van der Waals surface area contributed by atoms with Crippen LogP contribution in [0.25, 0.3) is 0 Å². The van der Waals surface area contributed by atoms with E-state index in [0.717, 1.165) is 25.1 Å². The summed E-state index contributed by atoms with van der Waals surface area (Å²) < 4.78 is 0. The van der Waals surface area contributed by atoms with Gasteiger partial charge in [0.15, 0.2) is 0 Å². The van der Waals surface area contributed by atoms with Crippen molar-refractivity contribution in [2.45, 2.75) is 18.9 Å². The van der Waals surface area contributed by atoms with E-state index in [9.17, 15) is 9.90 Å². The van der Waals surface area contributed by atoms with Gasteiger partial charge in [-0.15, -0.1) is 0 Å². The Kier molecular flexibility index (Phi) is 4.33. The Morgan fingerprint density at radius 2 is 2.17 bits per heavy atom. The first kappa shape index (κ1) is 13.1. The number of β-amino-alcohol motifs (C(OH)–C–C–N with tert-alkyl or cyclic N) is 1. The number of aliphatic hydroxyl groups is 1. The van der Waals surface area contributed by atoms with Gasteiger partial charge in [0.2, 0.25) is 5.91 Å². The highest BCUT2D eigenvalue weighted by Crippen LogP contribution is 2.13. The molecule has 4 heteroatoms. The number of para-hydroxylation sites is 1. The molecule has 1 N–H and O–H groups in total. The van der Waals surface area contributed by atoms with Crippen molar-refractivity contribution in [1.82, 2.24) is 4.90 Å². The van der Waals surface area contributed by atoms with E-state index in [0.29, 0.717) is 13.1 Å². The van der Waals surface area contributed by atoms with Gasteiger partial charge >= 0.3 is 0 Å². The summed E-state index contributed by atoms with van der Waals surface area (Å²) in [5, 5.41) is 9.58. The maximum Gasteiger partial charge on any atom is 0.240 e. The second-order valence-corrected chi connectivity index (χ2v) is 4.82. The molecule has 0 aromatic heterocycles. The number of aliphatic hydroxyl groups excluding tert-OH is 1. The van der Waals surface area contributed by atoms with Gasteiger partial charge in [0, 0.05) is 19.3 Å². The average Bonchev–Trinajstić information content (AvgIpc) is 2.39. The molecule has 1 aliphatic rings. The van der Waals surface area contributed by atoms with Crippen LogP contribution in [0.1, 0.15) is 12.8 Å². The van der Waals surface area contributed by atoms with Gasteiger partial charge in [0.25, 0.3) is 0 Å². The highest BCUT2D eigenvalue weighted by Gasteiger charge is 2.21. The van der Waals surface area contributed by atoms with Gasteiger partial charge in [-0.3, -0.25) is 9.69 Å². The molecule has 0 spiro atoms. The van der Waals surface area contributed by atoms with Crippen molar-refractivity contribution < 1.29 is 9.90 Å². The van der Waals surface area contributed by atoms with Crippen LogP contribution < -0.4 is 4.90 Å². The van der Waals surface area contributed by atoms with Crippen molar-refractivity contribution in [2.75, 3.05) is 31.6 Å². The fourth-order valence-corrected chi connectivity index (χ4v) is 2.27. The van der Waals surface area contributed by atoms with Gasteiger partial charge < -0.3 is 10.0 Å². The lowest BCUT2D eigenvalue weighted by molar-refractivity contribution is -0.120. The van der Waals surface area contributed by atoms with Crippen LogP contribution in [-0.2, 0) is 4.79 Å². The summed E-state index contributed by atoms with van der Waals surface area (Å²) in [5.74, 6) is 0.0651. The van der Waals surface area contributed by atoms with Crippen molar-refractivity contribution in [2.24, 2.45) is 0 Å². The normalized spacial score (nSPS) is 20.7. The van der Waals surface area contributed by atoms with E-state index in [2.05, 4.69) is 0 Å². The Morgan fingerprint density at radius 3 is 2.83 bits per heavy atom. The first-order chi connectivity index (χ1) is 8.66. The molecule has 98 valence electrons. The average molecular weight is 248 g/mol. The molecule has 1 aliphatic heterocycles. The Morgan fingerprint density at radius 1 is 1.44 bits per heavy atom. The van der Waals surface area contributed by atoms with Crippen molar-refractivity contribution in [1.29, 1.82) is 0 Å². The molecular weight excluding hydrogens is 228 g/mol. The van der Waals surface area contributed by atoms with Gasteiger partial charge in [-0.05, 0) is 31.5 Å². The fourth-order valence-electron chi connectivity index (χ4n) is 2.27. The zero-order valence-corrected chi connectivity index (χ0v) is 10.7. The lowest BCUT2D eigenvalue weighted by Gasteiger charge is -2.30. The number of nitrogens with zero attached hydrogens (tertiary/aromatic N) is 2. The first-order valence-electron chi connectivity index (χ1n) is 6.39. The number of benzene rings is 1. The Balaban J connectivity index is 1.91. The van der Waals surface area contributed by atoms with Crippen molar-refractivity contribution >= 4 is 11.6 Å². The van der Waals surface area contributed by atoms with E-state index in [4.69, 9.17) is 0 Å². The van der Waals surface area contributed by atoms with Gasteiger partial charge in [-0.25, -0.2) is 0 Å². The summed E-state index contributed by atoms with van der Waals surface area (Å²) in [4.78, 5) is 15.8. The maximum atomic E-state index is 12.1. The van der Waals surface area contributed by atoms with Gasteiger partial charge in [0.1, 0.15) is 0 Å². The van der Waals surface area contributed by atoms with E-state index >= 15 is 0 Å². The van der Waals surface area contributed by atoms with Crippen LogP contribution in [0.3, 0.4) is 0 Å².